The molecule has 4 aromatic rings. The zero-order valence-corrected chi connectivity index (χ0v) is 16.6. The third-order valence-electron chi connectivity index (χ3n) is 4.73. The number of ether oxygens (including phenoxy) is 1. The highest BCUT2D eigenvalue weighted by Crippen LogP contribution is 2.29. The second kappa shape index (κ2) is 6.68. The van der Waals surface area contributed by atoms with Crippen molar-refractivity contribution in [1.82, 2.24) is 14.5 Å². The summed E-state index contributed by atoms with van der Waals surface area (Å²) in [5.74, 6) is 0.818. The van der Waals surface area contributed by atoms with Crippen LogP contribution < -0.4 is 5.56 Å². The number of nitrogens with zero attached hydrogens (tertiary/aromatic N) is 3. The van der Waals surface area contributed by atoms with Gasteiger partial charge in [-0.3, -0.25) is 9.36 Å². The van der Waals surface area contributed by atoms with Crippen molar-refractivity contribution >= 4 is 38.9 Å². The Labute approximate surface area is 167 Å². The number of esters is 1. The SMILES string of the molecule is Cc1c(C(=O)OCc2coc(-c3cccs3)n2)sc2nc3n(c(=O)c12)CCC3. The van der Waals surface area contributed by atoms with Crippen LogP contribution in [0.25, 0.3) is 21.0 Å². The Morgan fingerprint density at radius 1 is 1.39 bits per heavy atom. The van der Waals surface area contributed by atoms with Crippen LogP contribution in [0.3, 0.4) is 0 Å². The first kappa shape index (κ1) is 17.3. The molecule has 0 radical (unpaired) electrons. The summed E-state index contributed by atoms with van der Waals surface area (Å²) < 4.78 is 12.6. The van der Waals surface area contributed by atoms with E-state index in [2.05, 4.69) is 9.97 Å². The van der Waals surface area contributed by atoms with E-state index in [4.69, 9.17) is 9.15 Å². The molecule has 0 saturated heterocycles. The molecule has 0 atom stereocenters. The first-order valence-electron chi connectivity index (χ1n) is 8.80. The largest absolute Gasteiger partial charge is 0.455 e. The average molecular weight is 413 g/mol. The van der Waals surface area contributed by atoms with Crippen LogP contribution in [0.15, 0.2) is 33.0 Å². The van der Waals surface area contributed by atoms with Gasteiger partial charge in [-0.15, -0.1) is 22.7 Å². The number of fused-ring (bicyclic) bond motifs is 2. The van der Waals surface area contributed by atoms with Crippen molar-refractivity contribution < 1.29 is 13.9 Å². The molecule has 4 aromatic heterocycles. The van der Waals surface area contributed by atoms with E-state index < -0.39 is 5.97 Å². The summed E-state index contributed by atoms with van der Waals surface area (Å²) in [6.07, 6.45) is 3.21. The molecule has 28 heavy (non-hydrogen) atoms. The summed E-state index contributed by atoms with van der Waals surface area (Å²) in [4.78, 5) is 36.2. The highest BCUT2D eigenvalue weighted by molar-refractivity contribution is 7.20. The molecule has 0 saturated carbocycles. The van der Waals surface area contributed by atoms with Crippen LogP contribution in [0.1, 0.15) is 33.2 Å². The van der Waals surface area contributed by atoms with E-state index in [0.29, 0.717) is 38.8 Å². The third-order valence-corrected chi connectivity index (χ3v) is 6.76. The van der Waals surface area contributed by atoms with E-state index in [1.165, 1.54) is 28.9 Å². The Kier molecular flexibility index (Phi) is 4.13. The van der Waals surface area contributed by atoms with E-state index in [1.54, 1.807) is 11.5 Å². The van der Waals surface area contributed by atoms with Crippen molar-refractivity contribution in [3.05, 3.63) is 56.1 Å². The lowest BCUT2D eigenvalue weighted by molar-refractivity contribution is 0.0473. The maximum absolute atomic E-state index is 12.7. The molecule has 0 unspecified atom stereocenters. The lowest BCUT2D eigenvalue weighted by Gasteiger charge is -2.02. The molecule has 0 aliphatic carbocycles. The molecule has 0 N–H and O–H groups in total. The maximum Gasteiger partial charge on any atom is 0.349 e. The van der Waals surface area contributed by atoms with Crippen molar-refractivity contribution in [3.63, 3.8) is 0 Å². The van der Waals surface area contributed by atoms with Gasteiger partial charge in [-0.25, -0.2) is 14.8 Å². The van der Waals surface area contributed by atoms with Gasteiger partial charge < -0.3 is 9.15 Å². The average Bonchev–Trinajstić information content (AvgIpc) is 3.46. The van der Waals surface area contributed by atoms with Crippen molar-refractivity contribution in [2.75, 3.05) is 0 Å². The van der Waals surface area contributed by atoms with Crippen LogP contribution in [-0.2, 0) is 24.3 Å². The van der Waals surface area contributed by atoms with Gasteiger partial charge in [-0.05, 0) is 30.4 Å². The molecule has 1 aliphatic rings. The summed E-state index contributed by atoms with van der Waals surface area (Å²) in [5, 5.41) is 2.46. The van der Waals surface area contributed by atoms with Crippen molar-refractivity contribution in [1.29, 1.82) is 0 Å². The zero-order valence-electron chi connectivity index (χ0n) is 14.9. The molecule has 1 aliphatic heterocycles. The van der Waals surface area contributed by atoms with Gasteiger partial charge in [0.2, 0.25) is 5.89 Å². The zero-order chi connectivity index (χ0) is 19.3. The first-order chi connectivity index (χ1) is 13.6. The number of aromatic nitrogens is 3. The standard InChI is InChI=1S/C19H15N3O4S2/c1-10-14-17(21-13-5-2-6-22(13)18(14)23)28-15(10)19(24)26-9-11-8-25-16(20-11)12-4-3-7-27-12/h3-4,7-8H,2,5-6,9H2,1H3. The minimum Gasteiger partial charge on any atom is -0.455 e. The van der Waals surface area contributed by atoms with Gasteiger partial charge in [0.25, 0.3) is 5.56 Å². The molecule has 5 heterocycles. The molecule has 9 heteroatoms. The van der Waals surface area contributed by atoms with Crippen molar-refractivity contribution in [3.8, 4) is 10.8 Å². The predicted octanol–water partition coefficient (Wildman–Crippen LogP) is 3.79. The smallest absolute Gasteiger partial charge is 0.349 e. The minimum atomic E-state index is -0.481. The predicted molar refractivity (Wildman–Crippen MR) is 106 cm³/mol. The normalized spacial score (nSPS) is 13.2. The maximum atomic E-state index is 12.7. The number of hydrogen-bond acceptors (Lipinski definition) is 8. The molecule has 0 aromatic carbocycles. The number of thiophene rings is 2. The lowest BCUT2D eigenvalue weighted by atomic mass is 10.2. The minimum absolute atomic E-state index is 0.00427. The Morgan fingerprint density at radius 3 is 3.11 bits per heavy atom. The molecule has 0 fully saturated rings. The summed E-state index contributed by atoms with van der Waals surface area (Å²) >= 11 is 2.73. The molecule has 0 spiro atoms. The molecular weight excluding hydrogens is 398 g/mol. The van der Waals surface area contributed by atoms with Crippen LogP contribution in [0.4, 0.5) is 0 Å². The molecule has 5 rings (SSSR count). The first-order valence-corrected chi connectivity index (χ1v) is 10.5. The monoisotopic (exact) mass is 413 g/mol. The number of rotatable bonds is 4. The molecule has 0 bridgehead atoms. The van der Waals surface area contributed by atoms with Crippen molar-refractivity contribution in [2.45, 2.75) is 32.9 Å². The fraction of sp³-hybridized carbons (Fsp3) is 0.263. The van der Waals surface area contributed by atoms with E-state index in [1.807, 2.05) is 17.5 Å². The number of aryl methyl sites for hydroxylation is 2. The van der Waals surface area contributed by atoms with Crippen LogP contribution in [0.5, 0.6) is 0 Å². The van der Waals surface area contributed by atoms with E-state index in [-0.39, 0.29) is 12.2 Å². The third kappa shape index (κ3) is 2.78. The van der Waals surface area contributed by atoms with Crippen LogP contribution in [-0.4, -0.2) is 20.5 Å². The van der Waals surface area contributed by atoms with E-state index in [0.717, 1.165) is 23.5 Å². The number of oxazole rings is 1. The van der Waals surface area contributed by atoms with Crippen LogP contribution in [0.2, 0.25) is 0 Å². The van der Waals surface area contributed by atoms with E-state index in [9.17, 15) is 9.59 Å². The Hall–Kier alpha value is -2.78. The molecular formula is C19H15N3O4S2. The van der Waals surface area contributed by atoms with Gasteiger partial charge in [0.1, 0.15) is 34.1 Å². The highest BCUT2D eigenvalue weighted by atomic mass is 32.1. The summed E-state index contributed by atoms with van der Waals surface area (Å²) in [5.41, 5.74) is 1.10. The Morgan fingerprint density at radius 2 is 2.29 bits per heavy atom. The fourth-order valence-corrected chi connectivity index (χ4v) is 5.10. The van der Waals surface area contributed by atoms with Gasteiger partial charge >= 0.3 is 5.97 Å². The summed E-state index contributed by atoms with van der Waals surface area (Å²) in [7, 11) is 0. The second-order valence-electron chi connectivity index (χ2n) is 6.52. The van der Waals surface area contributed by atoms with Gasteiger partial charge in [0, 0.05) is 13.0 Å². The summed E-state index contributed by atoms with van der Waals surface area (Å²) in [6, 6.07) is 3.83. The number of carbonyl (C=O) groups is 1. The quantitative estimate of drug-likeness (QED) is 0.473. The van der Waals surface area contributed by atoms with Gasteiger partial charge in [-0.2, -0.15) is 0 Å². The van der Waals surface area contributed by atoms with Crippen LogP contribution >= 0.6 is 22.7 Å². The van der Waals surface area contributed by atoms with Gasteiger partial charge in [0.15, 0.2) is 0 Å². The van der Waals surface area contributed by atoms with Gasteiger partial charge in [-0.1, -0.05) is 6.07 Å². The van der Waals surface area contributed by atoms with Gasteiger partial charge in [0.05, 0.1) is 10.3 Å². The topological polar surface area (TPSA) is 87.2 Å². The van der Waals surface area contributed by atoms with Crippen molar-refractivity contribution in [2.24, 2.45) is 0 Å². The van der Waals surface area contributed by atoms with E-state index >= 15 is 0 Å². The number of hydrogen-bond donors (Lipinski definition) is 0. The highest BCUT2D eigenvalue weighted by Gasteiger charge is 2.24. The molecule has 142 valence electrons. The number of carbonyl (C=O) groups excluding carboxylic acids is 1. The lowest BCUT2D eigenvalue weighted by Crippen LogP contribution is -2.20. The fourth-order valence-electron chi connectivity index (χ4n) is 3.36. The molecule has 7 nitrogen and oxygen atoms in total. The molecule has 0 amide bonds. The summed E-state index contributed by atoms with van der Waals surface area (Å²) in [6.45, 7) is 2.46. The Bertz CT molecular complexity index is 1250. The Balaban J connectivity index is 1.39. The van der Waals surface area contributed by atoms with Crippen LogP contribution in [0, 0.1) is 6.92 Å². The second-order valence-corrected chi connectivity index (χ2v) is 8.47.